The number of likely N-dealkylation sites (tertiary alicyclic amines) is 2. The van der Waals surface area contributed by atoms with E-state index in [0.717, 1.165) is 66.8 Å². The Bertz CT molecular complexity index is 954. The van der Waals surface area contributed by atoms with Crippen LogP contribution in [0.15, 0.2) is 29.6 Å². The third kappa shape index (κ3) is 5.65. The summed E-state index contributed by atoms with van der Waals surface area (Å²) < 4.78 is 5.29. The number of carbonyl (C=O) groups is 1. The average Bonchev–Trinajstić information content (AvgIpc) is 3.49. The lowest BCUT2D eigenvalue weighted by atomic mass is 9.98. The molecule has 1 amide bonds. The van der Waals surface area contributed by atoms with Gasteiger partial charge in [0.05, 0.1) is 17.7 Å². The fourth-order valence-corrected chi connectivity index (χ4v) is 5.83. The topological polar surface area (TPSA) is 60.9 Å². The first-order chi connectivity index (χ1) is 16.0. The van der Waals surface area contributed by atoms with E-state index in [-0.39, 0.29) is 11.9 Å². The summed E-state index contributed by atoms with van der Waals surface area (Å²) in [6, 6.07) is 8.44. The first-order valence-electron chi connectivity index (χ1n) is 11.5. The van der Waals surface area contributed by atoms with Gasteiger partial charge in [0.15, 0.2) is 5.11 Å². The number of hydrogen-bond acceptors (Lipinski definition) is 6. The van der Waals surface area contributed by atoms with Gasteiger partial charge in [0.1, 0.15) is 5.69 Å². The highest BCUT2D eigenvalue weighted by Gasteiger charge is 2.31. The molecular formula is C24H33N5O2S2. The monoisotopic (exact) mass is 487 g/mol. The van der Waals surface area contributed by atoms with Crippen molar-refractivity contribution in [2.75, 3.05) is 57.7 Å². The highest BCUT2D eigenvalue weighted by Crippen LogP contribution is 2.31. The summed E-state index contributed by atoms with van der Waals surface area (Å²) in [5.74, 6) is 0.420. The number of anilines is 2. The Balaban J connectivity index is 1.29. The minimum atomic E-state index is 0.0418. The molecule has 1 aromatic heterocycles. The van der Waals surface area contributed by atoms with Crippen molar-refractivity contribution >= 4 is 45.9 Å². The minimum Gasteiger partial charge on any atom is -0.383 e. The number of nitrogens with zero attached hydrogens (tertiary/aromatic N) is 4. The number of nitrogens with one attached hydrogen (secondary N) is 1. The lowest BCUT2D eigenvalue weighted by Gasteiger charge is -2.33. The maximum atomic E-state index is 13.0. The number of aromatic nitrogens is 1. The van der Waals surface area contributed by atoms with E-state index in [1.807, 2.05) is 24.4 Å². The van der Waals surface area contributed by atoms with E-state index >= 15 is 0 Å². The number of thiocarbonyl (C=S) groups is 1. The second-order valence-corrected chi connectivity index (χ2v) is 10.2. The number of ether oxygens (including phenoxy) is 1. The second-order valence-electron chi connectivity index (χ2n) is 8.95. The van der Waals surface area contributed by atoms with Crippen LogP contribution >= 0.6 is 23.6 Å². The minimum absolute atomic E-state index is 0.0418. The van der Waals surface area contributed by atoms with Gasteiger partial charge in [-0.2, -0.15) is 0 Å². The molecule has 2 saturated heterocycles. The zero-order chi connectivity index (χ0) is 23.4. The predicted octanol–water partition coefficient (Wildman–Crippen LogP) is 4.04. The lowest BCUT2D eigenvalue weighted by Crippen LogP contribution is -2.40. The Hall–Kier alpha value is -2.23. The third-order valence-corrected chi connectivity index (χ3v) is 7.87. The molecule has 0 saturated carbocycles. The molecule has 9 heteroatoms. The summed E-state index contributed by atoms with van der Waals surface area (Å²) in [5, 5.41) is 7.12. The Morgan fingerprint density at radius 2 is 1.94 bits per heavy atom. The van der Waals surface area contributed by atoms with Gasteiger partial charge in [-0.1, -0.05) is 0 Å². The van der Waals surface area contributed by atoms with Crippen molar-refractivity contribution < 1.29 is 9.53 Å². The summed E-state index contributed by atoms with van der Waals surface area (Å²) in [6.45, 7) is 3.16. The van der Waals surface area contributed by atoms with Crippen LogP contribution in [0.2, 0.25) is 0 Å². The van der Waals surface area contributed by atoms with Crippen molar-refractivity contribution in [3.63, 3.8) is 0 Å². The van der Waals surface area contributed by atoms with E-state index < -0.39 is 0 Å². The number of rotatable bonds is 6. The second kappa shape index (κ2) is 10.8. The zero-order valence-corrected chi connectivity index (χ0v) is 21.3. The standard InChI is InChI=1S/C24H33N5O2S2/c1-27(2)19-8-6-18(7-9-19)25-24(32)28-13-10-17(11-14-28)22-26-21(16-33-22)23(30)29-12-4-5-20(29)15-31-3/h6-9,16-17,20H,4-5,10-15H2,1-3H3,(H,25,32). The van der Waals surface area contributed by atoms with Gasteiger partial charge in [0.25, 0.3) is 5.91 Å². The number of benzene rings is 1. The van der Waals surface area contributed by atoms with Crippen molar-refractivity contribution in [2.24, 2.45) is 0 Å². The van der Waals surface area contributed by atoms with Gasteiger partial charge in [-0.05, 0) is 62.2 Å². The largest absolute Gasteiger partial charge is 0.383 e. The summed E-state index contributed by atoms with van der Waals surface area (Å²) in [7, 11) is 5.75. The van der Waals surface area contributed by atoms with Crippen LogP contribution in [0.25, 0.3) is 0 Å². The molecule has 0 spiro atoms. The molecule has 1 aromatic carbocycles. The van der Waals surface area contributed by atoms with E-state index in [1.54, 1.807) is 18.4 Å². The van der Waals surface area contributed by atoms with E-state index in [9.17, 15) is 4.79 Å². The predicted molar refractivity (Wildman–Crippen MR) is 139 cm³/mol. The number of methoxy groups -OCH3 is 1. The molecule has 0 bridgehead atoms. The van der Waals surface area contributed by atoms with Gasteiger partial charge in [-0.25, -0.2) is 4.98 Å². The molecule has 4 rings (SSSR count). The average molecular weight is 488 g/mol. The summed E-state index contributed by atoms with van der Waals surface area (Å²) in [6.07, 6.45) is 4.00. The van der Waals surface area contributed by atoms with E-state index in [4.69, 9.17) is 21.9 Å². The SMILES string of the molecule is COCC1CCCN1C(=O)c1csc(C2CCN(C(=S)Nc3ccc(N(C)C)cc3)CC2)n1. The van der Waals surface area contributed by atoms with Crippen LogP contribution < -0.4 is 10.2 Å². The molecule has 2 aliphatic heterocycles. The van der Waals surface area contributed by atoms with E-state index in [0.29, 0.717) is 18.2 Å². The van der Waals surface area contributed by atoms with Crippen LogP contribution in [0.4, 0.5) is 11.4 Å². The van der Waals surface area contributed by atoms with E-state index in [2.05, 4.69) is 39.4 Å². The molecule has 0 aliphatic carbocycles. The number of carbonyl (C=O) groups excluding carboxylic acids is 1. The normalized spacial score (nSPS) is 19.1. The molecule has 2 aromatic rings. The van der Waals surface area contributed by atoms with Gasteiger partial charge in [-0.3, -0.25) is 4.79 Å². The molecule has 1 unspecified atom stereocenters. The van der Waals surface area contributed by atoms with Crippen LogP contribution in [-0.4, -0.2) is 79.3 Å². The third-order valence-electron chi connectivity index (χ3n) is 6.50. The van der Waals surface area contributed by atoms with Gasteiger partial charge in [0, 0.05) is 63.5 Å². The summed E-state index contributed by atoms with van der Waals surface area (Å²) in [4.78, 5) is 24.0. The summed E-state index contributed by atoms with van der Waals surface area (Å²) in [5.41, 5.74) is 2.75. The molecule has 178 valence electrons. The van der Waals surface area contributed by atoms with Crippen LogP contribution in [-0.2, 0) is 4.74 Å². The van der Waals surface area contributed by atoms with Crippen LogP contribution in [0.3, 0.4) is 0 Å². The first-order valence-corrected chi connectivity index (χ1v) is 12.8. The fraction of sp³-hybridized carbons (Fsp3) is 0.542. The fourth-order valence-electron chi connectivity index (χ4n) is 4.56. The smallest absolute Gasteiger partial charge is 0.273 e. The number of piperidine rings is 1. The maximum Gasteiger partial charge on any atom is 0.273 e. The Labute approximate surface area is 205 Å². The van der Waals surface area contributed by atoms with Crippen molar-refractivity contribution in [1.29, 1.82) is 0 Å². The van der Waals surface area contributed by atoms with Crippen LogP contribution in [0, 0.1) is 0 Å². The van der Waals surface area contributed by atoms with Crippen LogP contribution in [0.1, 0.15) is 47.1 Å². The molecule has 2 fully saturated rings. The molecule has 7 nitrogen and oxygen atoms in total. The molecule has 0 radical (unpaired) electrons. The molecule has 2 aliphatic rings. The van der Waals surface area contributed by atoms with Gasteiger partial charge in [-0.15, -0.1) is 11.3 Å². The quantitative estimate of drug-likeness (QED) is 0.617. The van der Waals surface area contributed by atoms with Crippen LogP contribution in [0.5, 0.6) is 0 Å². The zero-order valence-electron chi connectivity index (χ0n) is 19.6. The maximum absolute atomic E-state index is 13.0. The molecule has 3 heterocycles. The van der Waals surface area contributed by atoms with Crippen molar-refractivity contribution in [3.05, 3.63) is 40.3 Å². The Kier molecular flexibility index (Phi) is 7.82. The number of thiazole rings is 1. The number of amides is 1. The first kappa shape index (κ1) is 23.9. The highest BCUT2D eigenvalue weighted by atomic mass is 32.1. The molecular weight excluding hydrogens is 454 g/mol. The molecule has 1 atom stereocenters. The Morgan fingerprint density at radius 1 is 1.21 bits per heavy atom. The van der Waals surface area contributed by atoms with Crippen molar-refractivity contribution in [3.8, 4) is 0 Å². The molecule has 33 heavy (non-hydrogen) atoms. The van der Waals surface area contributed by atoms with Gasteiger partial charge < -0.3 is 24.8 Å². The lowest BCUT2D eigenvalue weighted by molar-refractivity contribution is 0.0625. The number of hydrogen-bond donors (Lipinski definition) is 1. The van der Waals surface area contributed by atoms with Crippen molar-refractivity contribution in [1.82, 2.24) is 14.8 Å². The molecule has 1 N–H and O–H groups in total. The van der Waals surface area contributed by atoms with Crippen molar-refractivity contribution in [2.45, 2.75) is 37.6 Å². The van der Waals surface area contributed by atoms with Gasteiger partial charge >= 0.3 is 0 Å². The van der Waals surface area contributed by atoms with Gasteiger partial charge in [0.2, 0.25) is 0 Å². The summed E-state index contributed by atoms with van der Waals surface area (Å²) >= 11 is 7.27. The highest BCUT2D eigenvalue weighted by molar-refractivity contribution is 7.80. The van der Waals surface area contributed by atoms with E-state index in [1.165, 1.54) is 0 Å². The Morgan fingerprint density at radius 3 is 2.61 bits per heavy atom.